The number of hydrogen-bond acceptors (Lipinski definition) is 6. The van der Waals surface area contributed by atoms with Gasteiger partial charge in [0.05, 0.1) is 13.2 Å². The van der Waals surface area contributed by atoms with E-state index in [2.05, 4.69) is 5.32 Å². The van der Waals surface area contributed by atoms with Crippen molar-refractivity contribution in [2.75, 3.05) is 26.7 Å². The lowest BCUT2D eigenvalue weighted by Crippen LogP contribution is -2.45. The maximum atomic E-state index is 13.7. The van der Waals surface area contributed by atoms with Gasteiger partial charge in [-0.2, -0.15) is 0 Å². The van der Waals surface area contributed by atoms with Gasteiger partial charge in [0.2, 0.25) is 5.91 Å². The topological polar surface area (TPSA) is 131 Å². The number of phenols is 1. The van der Waals surface area contributed by atoms with Crippen LogP contribution in [0.4, 0.5) is 0 Å². The van der Waals surface area contributed by atoms with Crippen molar-refractivity contribution in [3.05, 3.63) is 119 Å². The molecule has 0 unspecified atom stereocenters. The highest BCUT2D eigenvalue weighted by molar-refractivity contribution is 6.00. The largest absolute Gasteiger partial charge is 0.508 e. The Morgan fingerprint density at radius 2 is 1.62 bits per heavy atom. The Morgan fingerprint density at radius 3 is 2.33 bits per heavy atom. The van der Waals surface area contributed by atoms with Crippen molar-refractivity contribution < 1.29 is 19.4 Å². The lowest BCUT2D eigenvalue weighted by Gasteiger charge is -2.26. The van der Waals surface area contributed by atoms with Crippen molar-refractivity contribution in [1.29, 1.82) is 0 Å². The molecule has 218 valence electrons. The van der Waals surface area contributed by atoms with Crippen molar-refractivity contribution >= 4 is 11.8 Å². The van der Waals surface area contributed by atoms with E-state index in [9.17, 15) is 14.7 Å². The SMILES string of the molecule is COc1ccc(CCN(Cc2cccc(-c3ccccc3C(=O)NCCN)c2)C(=O)[C@@H](N)Cc2ccc(O)cc2)cc1. The molecule has 0 spiro atoms. The molecule has 0 heterocycles. The van der Waals surface area contributed by atoms with Crippen LogP contribution in [-0.2, 0) is 24.2 Å². The number of amides is 2. The molecule has 42 heavy (non-hydrogen) atoms. The van der Waals surface area contributed by atoms with E-state index >= 15 is 0 Å². The zero-order chi connectivity index (χ0) is 29.9. The lowest BCUT2D eigenvalue weighted by atomic mass is 9.97. The molecule has 0 saturated heterocycles. The van der Waals surface area contributed by atoms with E-state index in [-0.39, 0.29) is 17.6 Å². The number of carbonyl (C=O) groups is 2. The molecule has 4 aromatic rings. The summed E-state index contributed by atoms with van der Waals surface area (Å²) in [6.45, 7) is 1.58. The Balaban J connectivity index is 1.57. The summed E-state index contributed by atoms with van der Waals surface area (Å²) in [5.74, 6) is 0.594. The van der Waals surface area contributed by atoms with Gasteiger partial charge in [-0.1, -0.05) is 60.7 Å². The number of benzene rings is 4. The molecule has 4 rings (SSSR count). The second-order valence-electron chi connectivity index (χ2n) is 10.1. The van der Waals surface area contributed by atoms with Crippen LogP contribution in [0.5, 0.6) is 11.5 Å². The highest BCUT2D eigenvalue weighted by Crippen LogP contribution is 2.25. The first-order valence-electron chi connectivity index (χ1n) is 14.0. The molecular formula is C34H38N4O4. The van der Waals surface area contributed by atoms with Crippen LogP contribution in [0.2, 0.25) is 0 Å². The number of phenolic OH excluding ortho intramolecular Hbond substituents is 1. The van der Waals surface area contributed by atoms with Gasteiger partial charge in [0, 0.05) is 31.7 Å². The molecular weight excluding hydrogens is 528 g/mol. The van der Waals surface area contributed by atoms with Gasteiger partial charge in [0.25, 0.3) is 5.91 Å². The van der Waals surface area contributed by atoms with Gasteiger partial charge in [-0.05, 0) is 77.1 Å². The fourth-order valence-corrected chi connectivity index (χ4v) is 4.80. The first-order chi connectivity index (χ1) is 20.4. The number of nitrogens with two attached hydrogens (primary N) is 2. The van der Waals surface area contributed by atoms with Gasteiger partial charge < -0.3 is 31.5 Å². The van der Waals surface area contributed by atoms with Crippen LogP contribution in [0.3, 0.4) is 0 Å². The lowest BCUT2D eigenvalue weighted by molar-refractivity contribution is -0.133. The molecule has 6 N–H and O–H groups in total. The number of hydrogen-bond donors (Lipinski definition) is 4. The first kappa shape index (κ1) is 30.3. The van der Waals surface area contributed by atoms with Crippen molar-refractivity contribution in [2.24, 2.45) is 11.5 Å². The number of nitrogens with one attached hydrogen (secondary N) is 1. The van der Waals surface area contributed by atoms with Crippen LogP contribution < -0.4 is 21.5 Å². The average Bonchev–Trinajstić information content (AvgIpc) is 3.03. The standard InChI is InChI=1S/C34H38N4O4/c1-42-29-15-11-24(12-16-29)17-20-38(34(41)32(36)22-25-9-13-28(39)14-10-25)23-26-5-4-6-27(21-26)30-7-2-3-8-31(30)33(40)37-19-18-35/h2-16,21,32,39H,17-20,22-23,35-36H2,1H3,(H,37,40)/t32-/m0/s1. The summed E-state index contributed by atoms with van der Waals surface area (Å²) in [7, 11) is 1.63. The van der Waals surface area contributed by atoms with E-state index in [0.29, 0.717) is 44.6 Å². The van der Waals surface area contributed by atoms with Crippen molar-refractivity contribution in [2.45, 2.75) is 25.4 Å². The van der Waals surface area contributed by atoms with Crippen LogP contribution in [0.1, 0.15) is 27.0 Å². The molecule has 0 bridgehead atoms. The predicted octanol–water partition coefficient (Wildman–Crippen LogP) is 3.90. The zero-order valence-electron chi connectivity index (χ0n) is 23.8. The van der Waals surface area contributed by atoms with E-state index in [4.69, 9.17) is 16.2 Å². The number of nitrogens with zero attached hydrogens (tertiary/aromatic N) is 1. The highest BCUT2D eigenvalue weighted by Gasteiger charge is 2.22. The van der Waals surface area contributed by atoms with Gasteiger partial charge in [0.1, 0.15) is 11.5 Å². The fraction of sp³-hybridized carbons (Fsp3) is 0.235. The smallest absolute Gasteiger partial charge is 0.251 e. The summed E-state index contributed by atoms with van der Waals surface area (Å²) in [6, 6.07) is 29.1. The highest BCUT2D eigenvalue weighted by atomic mass is 16.5. The number of rotatable bonds is 13. The maximum Gasteiger partial charge on any atom is 0.251 e. The molecule has 0 aliphatic rings. The Morgan fingerprint density at radius 1 is 0.905 bits per heavy atom. The molecule has 4 aromatic carbocycles. The van der Waals surface area contributed by atoms with E-state index in [1.54, 1.807) is 42.3 Å². The van der Waals surface area contributed by atoms with Gasteiger partial charge in [-0.3, -0.25) is 9.59 Å². The van der Waals surface area contributed by atoms with Crippen molar-refractivity contribution in [3.63, 3.8) is 0 Å². The Bertz CT molecular complexity index is 1470. The van der Waals surface area contributed by atoms with Crippen LogP contribution in [0, 0.1) is 0 Å². The molecule has 8 heteroatoms. The van der Waals surface area contributed by atoms with Crippen molar-refractivity contribution in [3.8, 4) is 22.6 Å². The number of aromatic hydroxyl groups is 1. The molecule has 0 aliphatic carbocycles. The monoisotopic (exact) mass is 566 g/mol. The fourth-order valence-electron chi connectivity index (χ4n) is 4.80. The van der Waals surface area contributed by atoms with Gasteiger partial charge >= 0.3 is 0 Å². The summed E-state index contributed by atoms with van der Waals surface area (Å²) >= 11 is 0. The van der Waals surface area contributed by atoms with Gasteiger partial charge in [-0.25, -0.2) is 0 Å². The van der Waals surface area contributed by atoms with Crippen LogP contribution >= 0.6 is 0 Å². The van der Waals surface area contributed by atoms with Crippen molar-refractivity contribution in [1.82, 2.24) is 10.2 Å². The van der Waals surface area contributed by atoms with Crippen LogP contribution in [-0.4, -0.2) is 54.6 Å². The third-order valence-corrected chi connectivity index (χ3v) is 7.06. The normalized spacial score (nSPS) is 11.5. The molecule has 0 saturated carbocycles. The summed E-state index contributed by atoms with van der Waals surface area (Å²) < 4.78 is 5.27. The minimum absolute atomic E-state index is 0.163. The Hall–Kier alpha value is -4.66. The molecule has 8 nitrogen and oxygen atoms in total. The van der Waals surface area contributed by atoms with Crippen LogP contribution in [0.25, 0.3) is 11.1 Å². The number of ether oxygens (including phenoxy) is 1. The number of carbonyl (C=O) groups excluding carboxylic acids is 2. The minimum atomic E-state index is -0.749. The van der Waals surface area contributed by atoms with E-state index < -0.39 is 6.04 Å². The third-order valence-electron chi connectivity index (χ3n) is 7.06. The molecule has 1 atom stereocenters. The predicted molar refractivity (Wildman–Crippen MR) is 165 cm³/mol. The average molecular weight is 567 g/mol. The summed E-state index contributed by atoms with van der Waals surface area (Å²) in [4.78, 5) is 28.3. The van der Waals surface area contributed by atoms with E-state index in [1.165, 1.54) is 0 Å². The van der Waals surface area contributed by atoms with Crippen LogP contribution in [0.15, 0.2) is 97.1 Å². The quantitative estimate of drug-likeness (QED) is 0.194. The van der Waals surface area contributed by atoms with E-state index in [1.807, 2.05) is 66.7 Å². The summed E-state index contributed by atoms with van der Waals surface area (Å²) in [6.07, 6.45) is 0.995. The van der Waals surface area contributed by atoms with Gasteiger partial charge in [0.15, 0.2) is 0 Å². The molecule has 0 fully saturated rings. The number of methoxy groups -OCH3 is 1. The minimum Gasteiger partial charge on any atom is -0.508 e. The van der Waals surface area contributed by atoms with E-state index in [0.717, 1.165) is 33.6 Å². The summed E-state index contributed by atoms with van der Waals surface area (Å²) in [5, 5.41) is 12.5. The maximum absolute atomic E-state index is 13.7. The Kier molecular flexibility index (Phi) is 10.7. The zero-order valence-corrected chi connectivity index (χ0v) is 23.8. The second-order valence-corrected chi connectivity index (χ2v) is 10.1. The molecule has 0 aromatic heterocycles. The van der Waals surface area contributed by atoms with Gasteiger partial charge in [-0.15, -0.1) is 0 Å². The summed E-state index contributed by atoms with van der Waals surface area (Å²) in [5.41, 5.74) is 17.1. The first-order valence-corrected chi connectivity index (χ1v) is 14.0. The Labute approximate surface area is 246 Å². The molecule has 0 radical (unpaired) electrons. The molecule has 2 amide bonds. The molecule has 0 aliphatic heterocycles. The third kappa shape index (κ3) is 8.19. The second kappa shape index (κ2) is 14.8.